The summed E-state index contributed by atoms with van der Waals surface area (Å²) in [6.07, 6.45) is 9.99. The number of para-hydroxylation sites is 2. The number of nitrogens with one attached hydrogen (secondary N) is 1. The lowest BCUT2D eigenvalue weighted by atomic mass is 9.48. The summed E-state index contributed by atoms with van der Waals surface area (Å²) >= 11 is 0. The van der Waals surface area contributed by atoms with Crippen molar-refractivity contribution in [2.45, 2.75) is 64.5 Å². The molecule has 2 heterocycles. The summed E-state index contributed by atoms with van der Waals surface area (Å²) < 4.78 is 4.13. The first-order chi connectivity index (χ1) is 14.6. The van der Waals surface area contributed by atoms with Crippen LogP contribution in [-0.4, -0.2) is 39.5 Å². The number of Topliss-reactive ketones (excluding diaryl/α,β-unsaturated/α-hetero) is 1. The van der Waals surface area contributed by atoms with Crippen molar-refractivity contribution in [1.29, 1.82) is 5.41 Å². The van der Waals surface area contributed by atoms with Crippen LogP contribution in [0.25, 0.3) is 11.0 Å². The Morgan fingerprint density at radius 1 is 0.903 bits per heavy atom. The van der Waals surface area contributed by atoms with E-state index in [1.165, 1.54) is 45.2 Å². The number of hydrogen-bond acceptors (Lipinski definition) is 3. The molecule has 2 aromatic rings. The molecule has 1 saturated heterocycles. The third-order valence-electron chi connectivity index (χ3n) is 8.74. The fourth-order valence-corrected chi connectivity index (χ4v) is 7.69. The van der Waals surface area contributed by atoms with E-state index >= 15 is 0 Å². The quantitative estimate of drug-likeness (QED) is 0.658. The lowest BCUT2D eigenvalue weighted by Crippen LogP contribution is -2.51. The number of halogens is 1. The molecule has 0 atom stereocenters. The second-order valence-corrected chi connectivity index (χ2v) is 10.7. The zero-order valence-electron chi connectivity index (χ0n) is 18.4. The number of carbonyl (C=O) groups excluding carboxylic acids is 1. The van der Waals surface area contributed by atoms with Gasteiger partial charge in [-0.3, -0.25) is 10.2 Å². The summed E-state index contributed by atoms with van der Waals surface area (Å²) in [4.78, 5) is 16.2. The van der Waals surface area contributed by atoms with Gasteiger partial charge in [-0.1, -0.05) is 12.1 Å². The van der Waals surface area contributed by atoms with Gasteiger partial charge in [0.1, 0.15) is 0 Å². The zero-order valence-corrected chi connectivity index (χ0v) is 20.1. The third-order valence-corrected chi connectivity index (χ3v) is 8.74. The highest BCUT2D eigenvalue weighted by molar-refractivity contribution is 8.93. The normalized spacial score (nSPS) is 31.9. The molecule has 5 fully saturated rings. The molecule has 0 amide bonds. The monoisotopic (exact) mass is 486 g/mol. The van der Waals surface area contributed by atoms with Crippen molar-refractivity contribution in [1.82, 2.24) is 14.0 Å². The van der Waals surface area contributed by atoms with Gasteiger partial charge in [0.15, 0.2) is 5.78 Å². The van der Waals surface area contributed by atoms with Gasteiger partial charge in [-0.25, -0.2) is 0 Å². The number of nitrogens with zero attached hydrogens (tertiary/aromatic N) is 3. The van der Waals surface area contributed by atoms with Gasteiger partial charge in [-0.2, -0.15) is 0 Å². The van der Waals surface area contributed by atoms with E-state index in [2.05, 4.69) is 27.7 Å². The summed E-state index contributed by atoms with van der Waals surface area (Å²) in [6, 6.07) is 8.30. The first kappa shape index (κ1) is 21.4. The van der Waals surface area contributed by atoms with Crippen LogP contribution < -0.4 is 5.62 Å². The number of benzene rings is 1. The number of rotatable bonds is 6. The van der Waals surface area contributed by atoms with E-state index in [1.807, 2.05) is 10.6 Å². The number of ketones is 1. The number of aromatic nitrogens is 2. The summed E-state index contributed by atoms with van der Waals surface area (Å²) in [5.74, 6) is 2.75. The molecule has 5 aliphatic rings. The summed E-state index contributed by atoms with van der Waals surface area (Å²) in [5, 5.41) is 8.93. The van der Waals surface area contributed by atoms with E-state index < -0.39 is 0 Å². The minimum Gasteiger partial charge on any atom is -0.309 e. The van der Waals surface area contributed by atoms with Crippen LogP contribution in [0.2, 0.25) is 0 Å². The Morgan fingerprint density at radius 2 is 1.45 bits per heavy atom. The molecule has 1 aliphatic heterocycles. The van der Waals surface area contributed by atoms with Gasteiger partial charge < -0.3 is 14.0 Å². The van der Waals surface area contributed by atoms with Crippen LogP contribution in [0, 0.1) is 28.6 Å². The van der Waals surface area contributed by atoms with E-state index in [-0.39, 0.29) is 22.4 Å². The molecule has 31 heavy (non-hydrogen) atoms. The predicted octanol–water partition coefficient (Wildman–Crippen LogP) is 4.38. The van der Waals surface area contributed by atoms with E-state index in [0.29, 0.717) is 17.9 Å². The highest BCUT2D eigenvalue weighted by atomic mass is 79.9. The third kappa shape index (κ3) is 3.64. The number of fused-ring (bicyclic) bond motifs is 1. The maximum atomic E-state index is 13.7. The van der Waals surface area contributed by atoms with Crippen molar-refractivity contribution in [3.05, 3.63) is 29.9 Å². The zero-order chi connectivity index (χ0) is 20.3. The number of likely N-dealkylation sites (tertiary alicyclic amines) is 1. The molecule has 4 aliphatic carbocycles. The topological polar surface area (TPSA) is 54.0 Å². The highest BCUT2D eigenvalue weighted by Gasteiger charge is 2.54. The Morgan fingerprint density at radius 3 is 2.03 bits per heavy atom. The molecule has 168 valence electrons. The molecule has 0 radical (unpaired) electrons. The SMILES string of the molecule is Br.N=c1n(CCN2CCCC2)c2ccccc2n1CC(=O)C12CC3CC(CC(C3)C1)C2. The van der Waals surface area contributed by atoms with Crippen molar-refractivity contribution in [3.8, 4) is 0 Å². The Hall–Kier alpha value is -1.40. The van der Waals surface area contributed by atoms with Crippen molar-refractivity contribution >= 4 is 33.8 Å². The largest absolute Gasteiger partial charge is 0.309 e. The van der Waals surface area contributed by atoms with Crippen LogP contribution in [-0.2, 0) is 17.9 Å². The van der Waals surface area contributed by atoms with Gasteiger partial charge in [0, 0.05) is 18.5 Å². The van der Waals surface area contributed by atoms with Crippen LogP contribution in [0.4, 0.5) is 0 Å². The van der Waals surface area contributed by atoms with Gasteiger partial charge in [-0.15, -0.1) is 17.0 Å². The lowest BCUT2D eigenvalue weighted by molar-refractivity contribution is -0.144. The second kappa shape index (κ2) is 8.18. The molecule has 0 unspecified atom stereocenters. The smallest absolute Gasteiger partial charge is 0.203 e. The number of carbonyl (C=O) groups is 1. The molecule has 7 rings (SSSR count). The van der Waals surface area contributed by atoms with Gasteiger partial charge >= 0.3 is 0 Å². The van der Waals surface area contributed by atoms with Crippen molar-refractivity contribution in [2.24, 2.45) is 23.2 Å². The van der Waals surface area contributed by atoms with Crippen LogP contribution in [0.1, 0.15) is 51.4 Å². The summed E-state index contributed by atoms with van der Waals surface area (Å²) in [7, 11) is 0. The molecular weight excluding hydrogens is 452 g/mol. The van der Waals surface area contributed by atoms with Crippen LogP contribution >= 0.6 is 17.0 Å². The Kier molecular flexibility index (Phi) is 5.66. The van der Waals surface area contributed by atoms with E-state index in [1.54, 1.807) is 0 Å². The van der Waals surface area contributed by atoms with Gasteiger partial charge in [0.2, 0.25) is 5.62 Å². The van der Waals surface area contributed by atoms with Crippen LogP contribution in [0.5, 0.6) is 0 Å². The lowest BCUT2D eigenvalue weighted by Gasteiger charge is -2.56. The molecule has 6 heteroatoms. The van der Waals surface area contributed by atoms with E-state index in [4.69, 9.17) is 5.41 Å². The van der Waals surface area contributed by atoms with Gasteiger partial charge in [0.05, 0.1) is 17.6 Å². The van der Waals surface area contributed by atoms with Gasteiger partial charge in [0.25, 0.3) is 0 Å². The first-order valence-electron chi connectivity index (χ1n) is 12.1. The average molecular weight is 487 g/mol. The van der Waals surface area contributed by atoms with Gasteiger partial charge in [-0.05, 0) is 94.3 Å². The maximum absolute atomic E-state index is 13.7. The standard InChI is InChI=1S/C25H34N4O.BrH/c26-24-28(10-9-27-7-3-4-8-27)21-5-1-2-6-22(21)29(24)17-23(30)25-14-18-11-19(15-25)13-20(12-18)16-25;/h1-2,5-6,18-20,26H,3-4,7-17H2;1H. The predicted molar refractivity (Wildman–Crippen MR) is 127 cm³/mol. The molecule has 4 bridgehead atoms. The van der Waals surface area contributed by atoms with Crippen LogP contribution in [0.15, 0.2) is 24.3 Å². The fraction of sp³-hybridized carbons (Fsp3) is 0.680. The number of hydrogen-bond donors (Lipinski definition) is 1. The Balaban J connectivity index is 0.00000204. The first-order valence-corrected chi connectivity index (χ1v) is 12.1. The average Bonchev–Trinajstić information content (AvgIpc) is 3.33. The minimum absolute atomic E-state index is 0. The van der Waals surface area contributed by atoms with Crippen molar-refractivity contribution in [2.75, 3.05) is 19.6 Å². The second-order valence-electron chi connectivity index (χ2n) is 10.7. The Labute approximate surface area is 195 Å². The molecular formula is C25H35BrN4O. The minimum atomic E-state index is -0.0903. The van der Waals surface area contributed by atoms with Crippen molar-refractivity contribution in [3.63, 3.8) is 0 Å². The van der Waals surface area contributed by atoms with Crippen LogP contribution in [0.3, 0.4) is 0 Å². The molecule has 5 nitrogen and oxygen atoms in total. The molecule has 1 N–H and O–H groups in total. The van der Waals surface area contributed by atoms with Crippen molar-refractivity contribution < 1.29 is 4.79 Å². The Bertz CT molecular complexity index is 997. The molecule has 1 aromatic carbocycles. The maximum Gasteiger partial charge on any atom is 0.203 e. The van der Waals surface area contributed by atoms with E-state index in [9.17, 15) is 4.79 Å². The molecule has 4 saturated carbocycles. The molecule has 0 spiro atoms. The molecule has 1 aromatic heterocycles. The summed E-state index contributed by atoms with van der Waals surface area (Å²) in [6.45, 7) is 4.56. The number of imidazole rings is 1. The van der Waals surface area contributed by atoms with E-state index in [0.717, 1.165) is 61.1 Å². The fourth-order valence-electron chi connectivity index (χ4n) is 7.69. The highest BCUT2D eigenvalue weighted by Crippen LogP contribution is 2.60. The summed E-state index contributed by atoms with van der Waals surface area (Å²) in [5.41, 5.74) is 2.54.